The third-order valence-electron chi connectivity index (χ3n) is 5.34. The van der Waals surface area contributed by atoms with Gasteiger partial charge in [-0.15, -0.1) is 11.3 Å². The molecule has 1 N–H and O–H groups in total. The largest absolute Gasteiger partial charge is 0.507 e. The number of benzene rings is 4. The van der Waals surface area contributed by atoms with Crippen molar-refractivity contribution in [2.24, 2.45) is 4.99 Å². The lowest BCUT2D eigenvalue weighted by Gasteiger charge is -2.03. The molecule has 0 atom stereocenters. The van der Waals surface area contributed by atoms with Crippen LogP contribution in [0.4, 0.5) is 5.69 Å². The van der Waals surface area contributed by atoms with Crippen LogP contribution in [-0.4, -0.2) is 27.8 Å². The number of phenolic OH excluding ortho intramolecular Hbond substituents is 1. The normalized spacial score (nSPS) is 11.3. The fraction of sp³-hybridized carbons (Fsp3) is 0.0357. The molecule has 1 aromatic heterocycles. The van der Waals surface area contributed by atoms with E-state index in [-0.39, 0.29) is 11.5 Å². The van der Waals surface area contributed by atoms with Gasteiger partial charge in [-0.1, -0.05) is 78.0 Å². The van der Waals surface area contributed by atoms with Gasteiger partial charge in [0.2, 0.25) is 0 Å². The molecule has 0 aliphatic carbocycles. The number of aromatic hydroxyl groups is 1. The molecule has 0 aliphatic heterocycles. The zero-order valence-electron chi connectivity index (χ0n) is 18.4. The molecular weight excluding hydrogens is 496 g/mol. The van der Waals surface area contributed by atoms with Crippen LogP contribution in [0.25, 0.3) is 21.3 Å². The number of thiazole rings is 1. The van der Waals surface area contributed by atoms with Gasteiger partial charge in [-0.2, -0.15) is 0 Å². The van der Waals surface area contributed by atoms with Crippen molar-refractivity contribution >= 4 is 62.6 Å². The lowest BCUT2D eigenvalue weighted by Crippen LogP contribution is -2.01. The molecule has 4 nitrogen and oxygen atoms in total. The van der Waals surface area contributed by atoms with E-state index in [4.69, 9.17) is 11.6 Å². The summed E-state index contributed by atoms with van der Waals surface area (Å²) in [4.78, 5) is 21.8. The van der Waals surface area contributed by atoms with Crippen LogP contribution in [0.5, 0.6) is 5.75 Å². The fourth-order valence-electron chi connectivity index (χ4n) is 3.50. The number of carbonyl (C=O) groups excluding carboxylic acids is 1. The number of carbonyl (C=O) groups is 1. The Labute approximate surface area is 216 Å². The van der Waals surface area contributed by atoms with E-state index >= 15 is 0 Å². The zero-order valence-corrected chi connectivity index (χ0v) is 20.8. The number of aromatic nitrogens is 1. The van der Waals surface area contributed by atoms with E-state index in [1.807, 2.05) is 60.7 Å². The van der Waals surface area contributed by atoms with Gasteiger partial charge in [0, 0.05) is 22.4 Å². The molecule has 0 amide bonds. The molecular formula is C28H19ClN2O2S2. The van der Waals surface area contributed by atoms with Crippen molar-refractivity contribution in [3.8, 4) is 16.9 Å². The molecule has 172 valence electrons. The standard InChI is InChI=1S/C28H19ClN2O2S2/c29-22-10-13-25(32)21(14-22)16-30-23-11-12-24-27(15-23)35-28(31-24)34-17-26(33)20-8-6-19(7-9-20)18-4-2-1-3-5-18/h1-16,32H,17H2. The first-order valence-electron chi connectivity index (χ1n) is 10.8. The number of phenols is 1. The molecule has 1 heterocycles. The molecule has 35 heavy (non-hydrogen) atoms. The highest BCUT2D eigenvalue weighted by Gasteiger charge is 2.11. The number of thioether (sulfide) groups is 1. The van der Waals surface area contributed by atoms with E-state index in [0.29, 0.717) is 21.9 Å². The van der Waals surface area contributed by atoms with Gasteiger partial charge in [0.05, 0.1) is 21.7 Å². The van der Waals surface area contributed by atoms with Crippen LogP contribution in [0, 0.1) is 0 Å². The van der Waals surface area contributed by atoms with Gasteiger partial charge in [0.25, 0.3) is 0 Å². The van der Waals surface area contributed by atoms with Crippen LogP contribution in [-0.2, 0) is 0 Å². The number of hydrogen-bond acceptors (Lipinski definition) is 6. The Hall–Kier alpha value is -3.45. The first-order valence-corrected chi connectivity index (χ1v) is 13.0. The molecule has 5 rings (SSSR count). The van der Waals surface area contributed by atoms with Crippen LogP contribution >= 0.6 is 34.7 Å². The third-order valence-corrected chi connectivity index (χ3v) is 7.73. The summed E-state index contributed by atoms with van der Waals surface area (Å²) in [7, 11) is 0. The lowest BCUT2D eigenvalue weighted by atomic mass is 10.0. The Morgan fingerprint density at radius 3 is 2.54 bits per heavy atom. The summed E-state index contributed by atoms with van der Waals surface area (Å²) in [6, 6.07) is 28.4. The molecule has 0 radical (unpaired) electrons. The minimum Gasteiger partial charge on any atom is -0.507 e. The van der Waals surface area contributed by atoms with Crippen molar-refractivity contribution in [3.05, 3.63) is 107 Å². The van der Waals surface area contributed by atoms with Gasteiger partial charge in [0.15, 0.2) is 10.1 Å². The van der Waals surface area contributed by atoms with Crippen LogP contribution in [0.15, 0.2) is 100 Å². The van der Waals surface area contributed by atoms with E-state index in [0.717, 1.165) is 31.4 Å². The highest BCUT2D eigenvalue weighted by Crippen LogP contribution is 2.32. The number of halogens is 1. The fourth-order valence-corrected chi connectivity index (χ4v) is 5.67. The summed E-state index contributed by atoms with van der Waals surface area (Å²) in [6.07, 6.45) is 1.58. The molecule has 0 fully saturated rings. The van der Waals surface area contributed by atoms with Gasteiger partial charge in [-0.3, -0.25) is 9.79 Å². The summed E-state index contributed by atoms with van der Waals surface area (Å²) in [6.45, 7) is 0. The molecule has 0 saturated carbocycles. The van der Waals surface area contributed by atoms with Gasteiger partial charge in [-0.25, -0.2) is 4.98 Å². The third kappa shape index (κ3) is 5.62. The molecule has 0 unspecified atom stereocenters. The Morgan fingerprint density at radius 1 is 0.971 bits per heavy atom. The van der Waals surface area contributed by atoms with Crippen molar-refractivity contribution < 1.29 is 9.90 Å². The summed E-state index contributed by atoms with van der Waals surface area (Å²) in [5.74, 6) is 0.513. The quantitative estimate of drug-likeness (QED) is 0.135. The van der Waals surface area contributed by atoms with E-state index in [2.05, 4.69) is 22.1 Å². The van der Waals surface area contributed by atoms with Gasteiger partial charge >= 0.3 is 0 Å². The smallest absolute Gasteiger partial charge is 0.173 e. The number of fused-ring (bicyclic) bond motifs is 1. The lowest BCUT2D eigenvalue weighted by molar-refractivity contribution is 0.102. The molecule has 7 heteroatoms. The molecule has 0 bridgehead atoms. The Morgan fingerprint density at radius 2 is 1.74 bits per heavy atom. The van der Waals surface area contributed by atoms with Crippen LogP contribution < -0.4 is 0 Å². The Kier molecular flexibility index (Phi) is 6.95. The molecule has 0 aliphatic rings. The number of Topliss-reactive ketones (excluding diaryl/α,β-unsaturated/α-hetero) is 1. The second kappa shape index (κ2) is 10.4. The maximum atomic E-state index is 12.7. The average Bonchev–Trinajstić information content (AvgIpc) is 3.30. The van der Waals surface area contributed by atoms with E-state index < -0.39 is 0 Å². The summed E-state index contributed by atoms with van der Waals surface area (Å²) in [5.41, 5.74) is 5.06. The molecule has 5 aromatic rings. The highest BCUT2D eigenvalue weighted by molar-refractivity contribution is 8.01. The van der Waals surface area contributed by atoms with E-state index in [1.165, 1.54) is 23.1 Å². The van der Waals surface area contributed by atoms with Gasteiger partial charge in [0.1, 0.15) is 5.75 Å². The number of aliphatic imine (C=N–C) groups is 1. The number of nitrogens with zero attached hydrogens (tertiary/aromatic N) is 2. The van der Waals surface area contributed by atoms with Crippen molar-refractivity contribution in [1.29, 1.82) is 0 Å². The van der Waals surface area contributed by atoms with Gasteiger partial charge in [-0.05, 0) is 47.5 Å². The van der Waals surface area contributed by atoms with Crippen molar-refractivity contribution in [2.45, 2.75) is 4.34 Å². The van der Waals surface area contributed by atoms with E-state index in [1.54, 1.807) is 24.4 Å². The van der Waals surface area contributed by atoms with Crippen LogP contribution in [0.2, 0.25) is 5.02 Å². The maximum absolute atomic E-state index is 12.7. The number of hydrogen-bond donors (Lipinski definition) is 1. The SMILES string of the molecule is O=C(CSc1nc2ccc(N=Cc3cc(Cl)ccc3O)cc2s1)c1ccc(-c2ccccc2)cc1. The maximum Gasteiger partial charge on any atom is 0.173 e. The summed E-state index contributed by atoms with van der Waals surface area (Å²) in [5, 5.41) is 10.5. The first-order chi connectivity index (χ1) is 17.0. The van der Waals surface area contributed by atoms with E-state index in [9.17, 15) is 9.90 Å². The van der Waals surface area contributed by atoms with Gasteiger partial charge < -0.3 is 5.11 Å². The number of ketones is 1. The average molecular weight is 515 g/mol. The molecule has 0 saturated heterocycles. The monoisotopic (exact) mass is 514 g/mol. The second-order valence-corrected chi connectivity index (χ2v) is 10.4. The minimum atomic E-state index is 0.0699. The Balaban J connectivity index is 1.25. The predicted molar refractivity (Wildman–Crippen MR) is 147 cm³/mol. The van der Waals surface area contributed by atoms with Crippen molar-refractivity contribution in [3.63, 3.8) is 0 Å². The minimum absolute atomic E-state index is 0.0699. The van der Waals surface area contributed by atoms with Crippen molar-refractivity contribution in [1.82, 2.24) is 4.98 Å². The topological polar surface area (TPSA) is 62.5 Å². The molecule has 0 spiro atoms. The van der Waals surface area contributed by atoms with Crippen LogP contribution in [0.1, 0.15) is 15.9 Å². The summed E-state index contributed by atoms with van der Waals surface area (Å²) >= 11 is 8.97. The zero-order chi connectivity index (χ0) is 24.2. The Bertz CT molecular complexity index is 1530. The summed E-state index contributed by atoms with van der Waals surface area (Å²) < 4.78 is 1.82. The van der Waals surface area contributed by atoms with Crippen molar-refractivity contribution in [2.75, 3.05) is 5.75 Å². The van der Waals surface area contributed by atoms with Crippen LogP contribution in [0.3, 0.4) is 0 Å². The predicted octanol–water partition coefficient (Wildman–Crippen LogP) is 8.05. The first kappa shape index (κ1) is 23.3. The second-order valence-electron chi connectivity index (χ2n) is 7.75. The highest BCUT2D eigenvalue weighted by atomic mass is 35.5. The number of rotatable bonds is 7. The molecule has 4 aromatic carbocycles.